The standard InChI is InChI=1S/C11H12N2/c1-7-3-4-10(12)9-5-6-13-8(2)11(7)9/h3-6H,12H2,1-2H3. The van der Waals surface area contributed by atoms with Gasteiger partial charge in [-0.15, -0.1) is 0 Å². The zero-order valence-electron chi connectivity index (χ0n) is 7.83. The van der Waals surface area contributed by atoms with Gasteiger partial charge in [-0.05, 0) is 31.5 Å². The van der Waals surface area contributed by atoms with Crippen LogP contribution in [-0.4, -0.2) is 4.98 Å². The van der Waals surface area contributed by atoms with Gasteiger partial charge >= 0.3 is 0 Å². The van der Waals surface area contributed by atoms with Crippen LogP contribution in [0.5, 0.6) is 0 Å². The highest BCUT2D eigenvalue weighted by molar-refractivity contribution is 5.96. The Bertz CT molecular complexity index is 453. The van der Waals surface area contributed by atoms with E-state index >= 15 is 0 Å². The summed E-state index contributed by atoms with van der Waals surface area (Å²) in [6.07, 6.45) is 1.80. The van der Waals surface area contributed by atoms with Crippen molar-refractivity contribution in [3.63, 3.8) is 0 Å². The van der Waals surface area contributed by atoms with E-state index in [1.54, 1.807) is 6.20 Å². The zero-order chi connectivity index (χ0) is 9.42. The van der Waals surface area contributed by atoms with Gasteiger partial charge in [0.1, 0.15) is 0 Å². The van der Waals surface area contributed by atoms with Gasteiger partial charge in [-0.1, -0.05) is 6.07 Å². The van der Waals surface area contributed by atoms with Crippen LogP contribution in [0.4, 0.5) is 5.69 Å². The van der Waals surface area contributed by atoms with Gasteiger partial charge in [0.15, 0.2) is 0 Å². The number of nitrogens with zero attached hydrogens (tertiary/aromatic N) is 1. The molecule has 2 rings (SSSR count). The number of nitrogen functional groups attached to an aromatic ring is 1. The zero-order valence-corrected chi connectivity index (χ0v) is 7.83. The molecule has 66 valence electrons. The van der Waals surface area contributed by atoms with Crippen LogP contribution in [-0.2, 0) is 0 Å². The van der Waals surface area contributed by atoms with E-state index in [2.05, 4.69) is 11.9 Å². The normalized spacial score (nSPS) is 10.6. The number of hydrogen-bond acceptors (Lipinski definition) is 2. The van der Waals surface area contributed by atoms with Crippen LogP contribution < -0.4 is 5.73 Å². The van der Waals surface area contributed by atoms with Crippen LogP contribution in [0.1, 0.15) is 11.3 Å². The van der Waals surface area contributed by atoms with Crippen molar-refractivity contribution in [2.45, 2.75) is 13.8 Å². The summed E-state index contributed by atoms with van der Waals surface area (Å²) in [7, 11) is 0. The quantitative estimate of drug-likeness (QED) is 0.620. The first-order valence-electron chi connectivity index (χ1n) is 4.30. The van der Waals surface area contributed by atoms with Crippen molar-refractivity contribution in [3.8, 4) is 0 Å². The minimum absolute atomic E-state index is 0.825. The number of benzene rings is 1. The highest BCUT2D eigenvalue weighted by atomic mass is 14.7. The molecule has 0 aliphatic heterocycles. The van der Waals surface area contributed by atoms with Crippen LogP contribution in [0.3, 0.4) is 0 Å². The Morgan fingerprint density at radius 3 is 2.62 bits per heavy atom. The maximum atomic E-state index is 5.87. The molecule has 0 saturated carbocycles. The average Bonchev–Trinajstić information content (AvgIpc) is 2.12. The Morgan fingerprint density at radius 1 is 1.15 bits per heavy atom. The molecule has 2 aromatic rings. The average molecular weight is 172 g/mol. The Hall–Kier alpha value is -1.57. The highest BCUT2D eigenvalue weighted by Gasteiger charge is 2.03. The molecule has 1 aromatic carbocycles. The Balaban J connectivity index is 3.00. The number of hydrogen-bond donors (Lipinski definition) is 1. The lowest BCUT2D eigenvalue weighted by Crippen LogP contribution is -1.92. The van der Waals surface area contributed by atoms with E-state index in [9.17, 15) is 0 Å². The van der Waals surface area contributed by atoms with E-state index in [1.807, 2.05) is 25.1 Å². The Labute approximate surface area is 77.4 Å². The fourth-order valence-electron chi connectivity index (χ4n) is 1.69. The van der Waals surface area contributed by atoms with Gasteiger partial charge in [-0.25, -0.2) is 0 Å². The van der Waals surface area contributed by atoms with Gasteiger partial charge in [-0.2, -0.15) is 0 Å². The van der Waals surface area contributed by atoms with Gasteiger partial charge < -0.3 is 5.73 Å². The number of aromatic nitrogens is 1. The molecule has 1 aromatic heterocycles. The third-order valence-electron chi connectivity index (χ3n) is 2.36. The first-order chi connectivity index (χ1) is 6.20. The summed E-state index contributed by atoms with van der Waals surface area (Å²) in [6.45, 7) is 4.09. The molecule has 0 aliphatic rings. The Kier molecular flexibility index (Phi) is 1.69. The van der Waals surface area contributed by atoms with Crippen molar-refractivity contribution < 1.29 is 0 Å². The van der Waals surface area contributed by atoms with E-state index in [-0.39, 0.29) is 0 Å². The molecule has 2 heteroatoms. The molecule has 0 atom stereocenters. The molecule has 0 radical (unpaired) electrons. The van der Waals surface area contributed by atoms with Gasteiger partial charge in [0.05, 0.1) is 0 Å². The number of anilines is 1. The van der Waals surface area contributed by atoms with E-state index in [1.165, 1.54) is 10.9 Å². The molecule has 0 spiro atoms. The van der Waals surface area contributed by atoms with E-state index in [4.69, 9.17) is 5.73 Å². The number of aryl methyl sites for hydroxylation is 2. The maximum Gasteiger partial charge on any atom is 0.0454 e. The molecule has 1 heterocycles. The SMILES string of the molecule is Cc1ccc(N)c2ccnc(C)c12. The third-order valence-corrected chi connectivity index (χ3v) is 2.36. The summed E-state index contributed by atoms with van der Waals surface area (Å²) < 4.78 is 0. The number of fused-ring (bicyclic) bond motifs is 1. The molecule has 2 nitrogen and oxygen atoms in total. The van der Waals surface area contributed by atoms with Gasteiger partial charge in [-0.3, -0.25) is 4.98 Å². The van der Waals surface area contributed by atoms with Crippen LogP contribution in [0.2, 0.25) is 0 Å². The second-order valence-electron chi connectivity index (χ2n) is 3.29. The predicted molar refractivity (Wildman–Crippen MR) is 55.6 cm³/mol. The predicted octanol–water partition coefficient (Wildman–Crippen LogP) is 2.43. The lowest BCUT2D eigenvalue weighted by molar-refractivity contribution is 1.23. The fraction of sp³-hybridized carbons (Fsp3) is 0.182. The van der Waals surface area contributed by atoms with Gasteiger partial charge in [0, 0.05) is 28.4 Å². The highest BCUT2D eigenvalue weighted by Crippen LogP contribution is 2.25. The van der Waals surface area contributed by atoms with Crippen molar-refractivity contribution >= 4 is 16.5 Å². The monoisotopic (exact) mass is 172 g/mol. The fourth-order valence-corrected chi connectivity index (χ4v) is 1.69. The number of nitrogens with two attached hydrogens (primary N) is 1. The summed E-state index contributed by atoms with van der Waals surface area (Å²) >= 11 is 0. The number of rotatable bonds is 0. The van der Waals surface area contributed by atoms with Crippen molar-refractivity contribution in [2.75, 3.05) is 5.73 Å². The van der Waals surface area contributed by atoms with Crippen LogP contribution in [0, 0.1) is 13.8 Å². The molecule has 13 heavy (non-hydrogen) atoms. The molecule has 2 N–H and O–H groups in total. The van der Waals surface area contributed by atoms with E-state index in [0.29, 0.717) is 0 Å². The second kappa shape index (κ2) is 2.73. The van der Waals surface area contributed by atoms with Crippen molar-refractivity contribution in [3.05, 3.63) is 35.7 Å². The molecule has 0 saturated heterocycles. The summed E-state index contributed by atoms with van der Waals surface area (Å²) in [4.78, 5) is 4.25. The molecule has 0 fully saturated rings. The lowest BCUT2D eigenvalue weighted by Gasteiger charge is -2.06. The van der Waals surface area contributed by atoms with Crippen LogP contribution in [0.25, 0.3) is 10.8 Å². The van der Waals surface area contributed by atoms with E-state index in [0.717, 1.165) is 16.8 Å². The smallest absolute Gasteiger partial charge is 0.0454 e. The van der Waals surface area contributed by atoms with Crippen molar-refractivity contribution in [1.82, 2.24) is 4.98 Å². The molecule has 0 aliphatic carbocycles. The molecular weight excluding hydrogens is 160 g/mol. The Morgan fingerprint density at radius 2 is 1.92 bits per heavy atom. The second-order valence-corrected chi connectivity index (χ2v) is 3.29. The third kappa shape index (κ3) is 1.15. The van der Waals surface area contributed by atoms with Crippen LogP contribution in [0.15, 0.2) is 24.4 Å². The molecular formula is C11H12N2. The maximum absolute atomic E-state index is 5.87. The molecule has 0 amide bonds. The summed E-state index contributed by atoms with van der Waals surface area (Å²) in [5.41, 5.74) is 8.97. The first-order valence-corrected chi connectivity index (χ1v) is 4.30. The van der Waals surface area contributed by atoms with E-state index < -0.39 is 0 Å². The summed E-state index contributed by atoms with van der Waals surface area (Å²) in [5.74, 6) is 0. The lowest BCUT2D eigenvalue weighted by atomic mass is 10.0. The summed E-state index contributed by atoms with van der Waals surface area (Å²) in [6, 6.07) is 5.94. The molecule has 0 bridgehead atoms. The topological polar surface area (TPSA) is 38.9 Å². The largest absolute Gasteiger partial charge is 0.398 e. The van der Waals surface area contributed by atoms with Crippen LogP contribution >= 0.6 is 0 Å². The van der Waals surface area contributed by atoms with Crippen molar-refractivity contribution in [1.29, 1.82) is 0 Å². The minimum Gasteiger partial charge on any atom is -0.398 e. The minimum atomic E-state index is 0.825. The van der Waals surface area contributed by atoms with Gasteiger partial charge in [0.25, 0.3) is 0 Å². The number of pyridine rings is 1. The first kappa shape index (κ1) is 8.05. The summed E-state index contributed by atoms with van der Waals surface area (Å²) in [5, 5.41) is 2.29. The van der Waals surface area contributed by atoms with Gasteiger partial charge in [0.2, 0.25) is 0 Å². The molecule has 0 unspecified atom stereocenters. The van der Waals surface area contributed by atoms with Crippen molar-refractivity contribution in [2.24, 2.45) is 0 Å².